The molecule has 0 bridgehead atoms. The second-order valence-electron chi connectivity index (χ2n) is 3.71. The molecule has 2 aromatic rings. The van der Waals surface area contributed by atoms with Gasteiger partial charge in [-0.1, -0.05) is 41.4 Å². The van der Waals surface area contributed by atoms with Gasteiger partial charge in [0.25, 0.3) is 0 Å². The Labute approximate surface area is 114 Å². The van der Waals surface area contributed by atoms with Gasteiger partial charge in [0, 0.05) is 11.3 Å². The van der Waals surface area contributed by atoms with Crippen molar-refractivity contribution < 1.29 is 9.90 Å². The number of benzene rings is 2. The van der Waals surface area contributed by atoms with Crippen molar-refractivity contribution in [2.45, 2.75) is 0 Å². The van der Waals surface area contributed by atoms with Crippen LogP contribution in [0.2, 0.25) is 10.0 Å². The first-order chi connectivity index (χ1) is 8.50. The molecule has 18 heavy (non-hydrogen) atoms. The van der Waals surface area contributed by atoms with Crippen LogP contribution in [0.1, 0.15) is 10.4 Å². The Hall–Kier alpha value is -1.71. The molecule has 2 rings (SSSR count). The molecular weight excluding hydrogens is 273 g/mol. The highest BCUT2D eigenvalue weighted by atomic mass is 35.5. The maximum atomic E-state index is 10.9. The lowest BCUT2D eigenvalue weighted by atomic mass is 10.0. The predicted molar refractivity (Wildman–Crippen MR) is 73.3 cm³/mol. The van der Waals surface area contributed by atoms with E-state index in [1.165, 1.54) is 6.07 Å². The number of nitrogens with two attached hydrogens (primary N) is 1. The Morgan fingerprint density at radius 2 is 1.89 bits per heavy atom. The van der Waals surface area contributed by atoms with Crippen molar-refractivity contribution >= 4 is 34.9 Å². The molecule has 0 fully saturated rings. The smallest absolute Gasteiger partial charge is 0.337 e. The van der Waals surface area contributed by atoms with Gasteiger partial charge in [-0.25, -0.2) is 4.79 Å². The molecule has 0 spiro atoms. The molecule has 0 radical (unpaired) electrons. The zero-order valence-corrected chi connectivity index (χ0v) is 10.7. The SMILES string of the molecule is Nc1cc(-c2cccc(Cl)c2Cl)ccc1C(=O)O. The van der Waals surface area contributed by atoms with Crippen LogP contribution in [-0.2, 0) is 0 Å². The lowest BCUT2D eigenvalue weighted by molar-refractivity contribution is 0.0698. The second kappa shape index (κ2) is 4.88. The van der Waals surface area contributed by atoms with E-state index in [0.29, 0.717) is 15.6 Å². The number of hydrogen-bond donors (Lipinski definition) is 2. The van der Waals surface area contributed by atoms with Gasteiger partial charge in [0.1, 0.15) is 0 Å². The Bertz CT molecular complexity index is 626. The number of hydrogen-bond acceptors (Lipinski definition) is 2. The van der Waals surface area contributed by atoms with E-state index in [1.807, 2.05) is 0 Å². The number of nitrogen functional groups attached to an aromatic ring is 1. The molecule has 92 valence electrons. The van der Waals surface area contributed by atoms with Crippen LogP contribution in [0.25, 0.3) is 11.1 Å². The molecule has 0 aliphatic heterocycles. The lowest BCUT2D eigenvalue weighted by Gasteiger charge is -2.08. The maximum Gasteiger partial charge on any atom is 0.337 e. The van der Waals surface area contributed by atoms with Crippen LogP contribution in [0.3, 0.4) is 0 Å². The summed E-state index contributed by atoms with van der Waals surface area (Å²) in [5, 5.41) is 9.76. The highest BCUT2D eigenvalue weighted by Gasteiger charge is 2.11. The topological polar surface area (TPSA) is 63.3 Å². The number of carbonyl (C=O) groups is 1. The van der Waals surface area contributed by atoms with E-state index in [2.05, 4.69) is 0 Å². The van der Waals surface area contributed by atoms with Crippen LogP contribution in [-0.4, -0.2) is 11.1 Å². The van der Waals surface area contributed by atoms with Crippen molar-refractivity contribution in [3.63, 3.8) is 0 Å². The average Bonchev–Trinajstić information content (AvgIpc) is 2.32. The zero-order valence-electron chi connectivity index (χ0n) is 9.15. The van der Waals surface area contributed by atoms with Gasteiger partial charge < -0.3 is 10.8 Å². The van der Waals surface area contributed by atoms with Gasteiger partial charge in [-0.3, -0.25) is 0 Å². The van der Waals surface area contributed by atoms with E-state index in [4.69, 9.17) is 34.0 Å². The molecule has 3 N–H and O–H groups in total. The summed E-state index contributed by atoms with van der Waals surface area (Å²) in [5.41, 5.74) is 7.39. The van der Waals surface area contributed by atoms with Crippen LogP contribution >= 0.6 is 23.2 Å². The molecule has 3 nitrogen and oxygen atoms in total. The van der Waals surface area contributed by atoms with E-state index in [-0.39, 0.29) is 11.3 Å². The number of rotatable bonds is 2. The standard InChI is InChI=1S/C13H9Cl2NO2/c14-10-3-1-2-8(12(10)15)7-4-5-9(13(17)18)11(16)6-7/h1-6H,16H2,(H,17,18). The van der Waals surface area contributed by atoms with E-state index in [0.717, 1.165) is 5.56 Å². The van der Waals surface area contributed by atoms with Gasteiger partial charge in [-0.15, -0.1) is 0 Å². The van der Waals surface area contributed by atoms with Crippen molar-refractivity contribution in [3.05, 3.63) is 52.0 Å². The van der Waals surface area contributed by atoms with Crippen LogP contribution in [0, 0.1) is 0 Å². The van der Waals surface area contributed by atoms with Gasteiger partial charge in [0.15, 0.2) is 0 Å². The molecule has 0 unspecified atom stereocenters. The Kier molecular flexibility index (Phi) is 3.45. The fraction of sp³-hybridized carbons (Fsp3) is 0. The van der Waals surface area contributed by atoms with Gasteiger partial charge in [0.05, 0.1) is 15.6 Å². The quantitative estimate of drug-likeness (QED) is 0.820. The summed E-state index contributed by atoms with van der Waals surface area (Å²) < 4.78 is 0. The predicted octanol–water partition coefficient (Wildman–Crippen LogP) is 3.94. The summed E-state index contributed by atoms with van der Waals surface area (Å²) >= 11 is 12.0. The fourth-order valence-corrected chi connectivity index (χ4v) is 2.06. The third-order valence-corrected chi connectivity index (χ3v) is 3.36. The van der Waals surface area contributed by atoms with Crippen LogP contribution in [0.15, 0.2) is 36.4 Å². The molecule has 0 atom stereocenters. The maximum absolute atomic E-state index is 10.9. The third kappa shape index (κ3) is 2.28. The normalized spacial score (nSPS) is 10.3. The van der Waals surface area contributed by atoms with E-state index < -0.39 is 5.97 Å². The fourth-order valence-electron chi connectivity index (χ4n) is 1.65. The minimum Gasteiger partial charge on any atom is -0.478 e. The first-order valence-corrected chi connectivity index (χ1v) is 5.83. The Morgan fingerprint density at radius 3 is 2.50 bits per heavy atom. The van der Waals surface area contributed by atoms with Gasteiger partial charge in [-0.05, 0) is 23.8 Å². The van der Waals surface area contributed by atoms with Crippen LogP contribution < -0.4 is 5.73 Å². The van der Waals surface area contributed by atoms with Crippen molar-refractivity contribution in [3.8, 4) is 11.1 Å². The molecule has 0 aliphatic rings. The van der Waals surface area contributed by atoms with E-state index in [1.54, 1.807) is 30.3 Å². The average molecular weight is 282 g/mol. The third-order valence-electron chi connectivity index (χ3n) is 2.54. The Morgan fingerprint density at radius 1 is 1.17 bits per heavy atom. The van der Waals surface area contributed by atoms with Crippen LogP contribution in [0.4, 0.5) is 5.69 Å². The lowest BCUT2D eigenvalue weighted by Crippen LogP contribution is -2.02. The molecule has 0 saturated heterocycles. The molecule has 0 saturated carbocycles. The summed E-state index contributed by atoms with van der Waals surface area (Å²) in [4.78, 5) is 10.9. The monoisotopic (exact) mass is 281 g/mol. The molecule has 0 heterocycles. The zero-order chi connectivity index (χ0) is 13.3. The highest BCUT2D eigenvalue weighted by molar-refractivity contribution is 6.43. The molecule has 5 heteroatoms. The van der Waals surface area contributed by atoms with Crippen LogP contribution in [0.5, 0.6) is 0 Å². The number of carboxylic acid groups (broad SMARTS) is 1. The summed E-state index contributed by atoms with van der Waals surface area (Å²) in [5.74, 6) is -1.06. The van der Waals surface area contributed by atoms with Gasteiger partial charge in [0.2, 0.25) is 0 Å². The van der Waals surface area contributed by atoms with Gasteiger partial charge in [-0.2, -0.15) is 0 Å². The number of anilines is 1. The number of carboxylic acids is 1. The molecular formula is C13H9Cl2NO2. The molecule has 0 amide bonds. The minimum atomic E-state index is -1.06. The first kappa shape index (κ1) is 12.7. The largest absolute Gasteiger partial charge is 0.478 e. The van der Waals surface area contributed by atoms with Crippen molar-refractivity contribution in [1.82, 2.24) is 0 Å². The molecule has 0 aliphatic carbocycles. The second-order valence-corrected chi connectivity index (χ2v) is 4.49. The molecule has 0 aromatic heterocycles. The van der Waals surface area contributed by atoms with E-state index in [9.17, 15) is 4.79 Å². The number of aromatic carboxylic acids is 1. The van der Waals surface area contributed by atoms with Crippen molar-refractivity contribution in [2.75, 3.05) is 5.73 Å². The summed E-state index contributed by atoms with van der Waals surface area (Å²) in [7, 11) is 0. The number of halogens is 2. The molecule has 2 aromatic carbocycles. The summed E-state index contributed by atoms with van der Waals surface area (Å²) in [6.45, 7) is 0. The Balaban J connectivity index is 2.56. The summed E-state index contributed by atoms with van der Waals surface area (Å²) in [6.07, 6.45) is 0. The van der Waals surface area contributed by atoms with Crippen molar-refractivity contribution in [2.24, 2.45) is 0 Å². The highest BCUT2D eigenvalue weighted by Crippen LogP contribution is 2.34. The first-order valence-electron chi connectivity index (χ1n) is 5.08. The minimum absolute atomic E-state index is 0.0666. The summed E-state index contributed by atoms with van der Waals surface area (Å²) in [6, 6.07) is 9.92. The van der Waals surface area contributed by atoms with Gasteiger partial charge >= 0.3 is 5.97 Å². The van der Waals surface area contributed by atoms with E-state index >= 15 is 0 Å². The van der Waals surface area contributed by atoms with Crippen molar-refractivity contribution in [1.29, 1.82) is 0 Å².